The van der Waals surface area contributed by atoms with Gasteiger partial charge in [-0.25, -0.2) is 4.79 Å². The molecule has 0 aliphatic rings. The minimum absolute atomic E-state index is 0.146. The number of carbonyl (C=O) groups excluding carboxylic acids is 3. The van der Waals surface area contributed by atoms with Gasteiger partial charge >= 0.3 is 17.9 Å². The molecule has 0 saturated heterocycles. The number of aliphatic hydroxyl groups is 3. The van der Waals surface area contributed by atoms with Gasteiger partial charge < -0.3 is 29.5 Å². The summed E-state index contributed by atoms with van der Waals surface area (Å²) in [6.45, 7) is -0.408. The first-order chi connectivity index (χ1) is 9.31. The molecule has 0 rings (SSSR count). The van der Waals surface area contributed by atoms with Crippen LogP contribution in [0.3, 0.4) is 0 Å². The topological polar surface area (TPSA) is 140 Å². The van der Waals surface area contributed by atoms with Crippen molar-refractivity contribution >= 4 is 17.9 Å². The highest BCUT2D eigenvalue weighted by molar-refractivity contribution is 5.81. The molecule has 0 bridgehead atoms. The normalized spacial score (nSPS) is 12.3. The zero-order valence-electron chi connectivity index (χ0n) is 11.6. The van der Waals surface area contributed by atoms with Crippen LogP contribution in [0.25, 0.3) is 0 Å². The summed E-state index contributed by atoms with van der Waals surface area (Å²) in [6, 6.07) is 0. The Bertz CT molecular complexity index is 302. The number of ether oxygens (including phenoxy) is 3. The highest BCUT2D eigenvalue weighted by atomic mass is 16.5. The van der Waals surface area contributed by atoms with Crippen LogP contribution in [0.1, 0.15) is 12.8 Å². The molecular formula is C11H20O9. The maximum Gasteiger partial charge on any atom is 0.335 e. The lowest BCUT2D eigenvalue weighted by Crippen LogP contribution is -2.25. The van der Waals surface area contributed by atoms with Crippen molar-refractivity contribution in [2.45, 2.75) is 25.0 Å². The highest BCUT2D eigenvalue weighted by Gasteiger charge is 2.19. The van der Waals surface area contributed by atoms with Crippen LogP contribution in [0, 0.1) is 0 Å². The molecule has 0 unspecified atom stereocenters. The van der Waals surface area contributed by atoms with Gasteiger partial charge in [0, 0.05) is 0 Å². The van der Waals surface area contributed by atoms with Crippen LogP contribution in [0.4, 0.5) is 0 Å². The summed E-state index contributed by atoms with van der Waals surface area (Å²) in [7, 11) is 3.53. The molecule has 0 aliphatic carbocycles. The van der Waals surface area contributed by atoms with Gasteiger partial charge in [0.1, 0.15) is 0 Å². The molecule has 0 heterocycles. The summed E-state index contributed by atoms with van der Waals surface area (Å²) in [5, 5.41) is 25.7. The number of aliphatic hydroxyl groups excluding tert-OH is 3. The van der Waals surface area contributed by atoms with Crippen LogP contribution in [-0.4, -0.2) is 73.4 Å². The Hall–Kier alpha value is -1.71. The molecule has 118 valence electrons. The number of esters is 3. The van der Waals surface area contributed by atoms with Gasteiger partial charge in [0.25, 0.3) is 0 Å². The lowest BCUT2D eigenvalue weighted by Gasteiger charge is -2.05. The molecule has 0 radical (unpaired) electrons. The molecule has 0 amide bonds. The average molecular weight is 296 g/mol. The molecule has 9 heteroatoms. The van der Waals surface area contributed by atoms with E-state index in [0.717, 1.165) is 7.11 Å². The fourth-order valence-corrected chi connectivity index (χ4v) is 0.801. The third-order valence-electron chi connectivity index (χ3n) is 1.90. The van der Waals surface area contributed by atoms with Crippen molar-refractivity contribution in [1.29, 1.82) is 0 Å². The van der Waals surface area contributed by atoms with E-state index in [9.17, 15) is 14.4 Å². The Morgan fingerprint density at radius 3 is 1.70 bits per heavy atom. The fourth-order valence-electron chi connectivity index (χ4n) is 0.801. The maximum absolute atomic E-state index is 10.5. The van der Waals surface area contributed by atoms with Crippen LogP contribution < -0.4 is 0 Å². The van der Waals surface area contributed by atoms with Gasteiger partial charge in [-0.2, -0.15) is 0 Å². The van der Waals surface area contributed by atoms with Crippen LogP contribution in [-0.2, 0) is 28.6 Å². The zero-order chi connectivity index (χ0) is 16.1. The first-order valence-corrected chi connectivity index (χ1v) is 5.50. The number of rotatable bonds is 6. The summed E-state index contributed by atoms with van der Waals surface area (Å²) in [6.07, 6.45) is -2.93. The third-order valence-corrected chi connectivity index (χ3v) is 1.90. The molecule has 0 aromatic heterocycles. The summed E-state index contributed by atoms with van der Waals surface area (Å²) in [4.78, 5) is 31.2. The highest BCUT2D eigenvalue weighted by Crippen LogP contribution is 1.95. The van der Waals surface area contributed by atoms with Crippen LogP contribution in [0.5, 0.6) is 0 Å². The van der Waals surface area contributed by atoms with Crippen molar-refractivity contribution in [3.63, 3.8) is 0 Å². The van der Waals surface area contributed by atoms with Crippen molar-refractivity contribution in [2.75, 3.05) is 27.9 Å². The van der Waals surface area contributed by atoms with Gasteiger partial charge in [0.05, 0.1) is 46.9 Å². The molecule has 0 spiro atoms. The molecule has 20 heavy (non-hydrogen) atoms. The van der Waals surface area contributed by atoms with E-state index in [4.69, 9.17) is 15.3 Å². The lowest BCUT2D eigenvalue weighted by atomic mass is 10.2. The number of hydrogen-bond acceptors (Lipinski definition) is 9. The van der Waals surface area contributed by atoms with Crippen molar-refractivity contribution < 1.29 is 43.9 Å². The van der Waals surface area contributed by atoms with Gasteiger partial charge in [0.15, 0.2) is 6.10 Å². The van der Waals surface area contributed by atoms with E-state index in [0.29, 0.717) is 0 Å². The third kappa shape index (κ3) is 11.4. The Morgan fingerprint density at radius 1 is 0.900 bits per heavy atom. The molecule has 0 aromatic carbocycles. The van der Waals surface area contributed by atoms with E-state index in [1.54, 1.807) is 0 Å². The lowest BCUT2D eigenvalue weighted by molar-refractivity contribution is -0.156. The van der Waals surface area contributed by atoms with Gasteiger partial charge in [0.2, 0.25) is 0 Å². The fraction of sp³-hybridized carbons (Fsp3) is 0.727. The van der Waals surface area contributed by atoms with E-state index in [-0.39, 0.29) is 12.8 Å². The molecule has 0 fully saturated rings. The molecule has 9 nitrogen and oxygen atoms in total. The molecule has 0 aliphatic heterocycles. The Labute approximate surface area is 116 Å². The Balaban J connectivity index is 0. The zero-order valence-corrected chi connectivity index (χ0v) is 11.6. The monoisotopic (exact) mass is 296 g/mol. The van der Waals surface area contributed by atoms with E-state index in [1.807, 2.05) is 0 Å². The minimum atomic E-state index is -1.42. The predicted octanol–water partition coefficient (Wildman–Crippen LogP) is -2.01. The number of carbonyl (C=O) groups is 3. The van der Waals surface area contributed by atoms with Crippen molar-refractivity contribution in [2.24, 2.45) is 0 Å². The molecule has 0 saturated carbocycles. The Morgan fingerprint density at radius 2 is 1.35 bits per heavy atom. The summed E-state index contributed by atoms with van der Waals surface area (Å²) in [5.41, 5.74) is 0. The maximum atomic E-state index is 10.5. The van der Waals surface area contributed by atoms with Crippen LogP contribution >= 0.6 is 0 Å². The second kappa shape index (κ2) is 12.3. The summed E-state index contributed by atoms with van der Waals surface area (Å²) >= 11 is 0. The van der Waals surface area contributed by atoms with Gasteiger partial charge in [-0.1, -0.05) is 0 Å². The second-order valence-electron chi connectivity index (χ2n) is 3.44. The van der Waals surface area contributed by atoms with E-state index >= 15 is 0 Å². The quantitative estimate of drug-likeness (QED) is 0.374. The SMILES string of the molecule is COC(=O)C[C@H](O)C(=O)OC.COC(=O)C[C@H](O)CO. The first-order valence-electron chi connectivity index (χ1n) is 5.50. The van der Waals surface area contributed by atoms with E-state index in [1.165, 1.54) is 14.2 Å². The summed E-state index contributed by atoms with van der Waals surface area (Å²) < 4.78 is 12.6. The standard InChI is InChI=1S/C6H10O5.C5H10O4/c1-10-5(8)3-4(7)6(9)11-2;1-9-5(8)2-4(7)3-6/h4,7H,3H2,1-2H3;4,6-7H,2-3H2,1H3/t2*4-/m00/s1. The van der Waals surface area contributed by atoms with Crippen molar-refractivity contribution in [3.05, 3.63) is 0 Å². The largest absolute Gasteiger partial charge is 0.469 e. The summed E-state index contributed by atoms with van der Waals surface area (Å²) in [5.74, 6) is -2.00. The molecular weight excluding hydrogens is 276 g/mol. The first kappa shape index (κ1) is 20.6. The second-order valence-corrected chi connectivity index (χ2v) is 3.44. The average Bonchev–Trinajstić information content (AvgIpc) is 2.46. The van der Waals surface area contributed by atoms with Crippen LogP contribution in [0.2, 0.25) is 0 Å². The molecule has 0 aromatic rings. The van der Waals surface area contributed by atoms with E-state index in [2.05, 4.69) is 14.2 Å². The Kier molecular flexibility index (Phi) is 12.7. The number of hydrogen-bond donors (Lipinski definition) is 3. The van der Waals surface area contributed by atoms with Gasteiger partial charge in [-0.15, -0.1) is 0 Å². The van der Waals surface area contributed by atoms with Crippen molar-refractivity contribution in [3.8, 4) is 0 Å². The van der Waals surface area contributed by atoms with Gasteiger partial charge in [-0.05, 0) is 0 Å². The van der Waals surface area contributed by atoms with E-state index < -0.39 is 36.7 Å². The van der Waals surface area contributed by atoms with Gasteiger partial charge in [-0.3, -0.25) is 9.59 Å². The molecule has 3 N–H and O–H groups in total. The number of methoxy groups -OCH3 is 3. The minimum Gasteiger partial charge on any atom is -0.469 e. The smallest absolute Gasteiger partial charge is 0.335 e. The predicted molar refractivity (Wildman–Crippen MR) is 64.4 cm³/mol. The van der Waals surface area contributed by atoms with Crippen LogP contribution in [0.15, 0.2) is 0 Å². The molecule has 2 atom stereocenters. The van der Waals surface area contributed by atoms with Crippen molar-refractivity contribution in [1.82, 2.24) is 0 Å².